The van der Waals surface area contributed by atoms with Crippen molar-refractivity contribution in [2.24, 2.45) is 0 Å². The molecule has 1 heterocycles. The zero-order valence-corrected chi connectivity index (χ0v) is 13.5. The van der Waals surface area contributed by atoms with E-state index in [4.69, 9.17) is 4.74 Å². The van der Waals surface area contributed by atoms with Crippen LogP contribution in [-0.4, -0.2) is 24.5 Å². The van der Waals surface area contributed by atoms with Gasteiger partial charge in [-0.2, -0.15) is 0 Å². The first-order chi connectivity index (χ1) is 11.6. The third-order valence-corrected chi connectivity index (χ3v) is 3.82. The number of methoxy groups -OCH3 is 1. The summed E-state index contributed by atoms with van der Waals surface area (Å²) in [5, 5.41) is 0.899. The highest BCUT2D eigenvalue weighted by Gasteiger charge is 2.18. The van der Waals surface area contributed by atoms with E-state index in [-0.39, 0.29) is 11.7 Å². The van der Waals surface area contributed by atoms with Crippen LogP contribution in [0.25, 0.3) is 10.9 Å². The molecule has 0 aliphatic rings. The summed E-state index contributed by atoms with van der Waals surface area (Å²) in [7, 11) is 1.61. The van der Waals surface area contributed by atoms with Gasteiger partial charge in [-0.1, -0.05) is 6.07 Å². The number of hydrogen-bond acceptors (Lipinski definition) is 3. The Balaban J connectivity index is 1.95. The number of pyridine rings is 1. The fraction of sp³-hybridized carbons (Fsp3) is 0.158. The molecular formula is C19H17FN2O2. The second kappa shape index (κ2) is 6.66. The average Bonchev–Trinajstić information content (AvgIpc) is 2.62. The molecule has 0 saturated heterocycles. The number of ether oxygens (including phenoxy) is 1. The molecule has 1 amide bonds. The Hall–Kier alpha value is -2.95. The van der Waals surface area contributed by atoms with Crippen molar-refractivity contribution in [3.63, 3.8) is 0 Å². The van der Waals surface area contributed by atoms with Crippen molar-refractivity contribution in [3.8, 4) is 5.75 Å². The molecule has 24 heavy (non-hydrogen) atoms. The van der Waals surface area contributed by atoms with E-state index >= 15 is 0 Å². The number of rotatable bonds is 4. The van der Waals surface area contributed by atoms with Crippen molar-refractivity contribution in [2.45, 2.75) is 6.92 Å². The van der Waals surface area contributed by atoms with Crippen LogP contribution in [0.4, 0.5) is 10.1 Å². The Kier molecular flexibility index (Phi) is 4.42. The van der Waals surface area contributed by atoms with E-state index in [1.54, 1.807) is 36.3 Å². The van der Waals surface area contributed by atoms with E-state index in [1.807, 2.05) is 25.1 Å². The minimum Gasteiger partial charge on any atom is -0.497 e. The monoisotopic (exact) mass is 324 g/mol. The highest BCUT2D eigenvalue weighted by molar-refractivity contribution is 6.05. The van der Waals surface area contributed by atoms with E-state index in [2.05, 4.69) is 4.98 Å². The smallest absolute Gasteiger partial charge is 0.276 e. The van der Waals surface area contributed by atoms with Crippen LogP contribution in [0.3, 0.4) is 0 Å². The van der Waals surface area contributed by atoms with Crippen molar-refractivity contribution in [2.75, 3.05) is 18.6 Å². The fourth-order valence-corrected chi connectivity index (χ4v) is 2.55. The highest BCUT2D eigenvalue weighted by atomic mass is 19.1. The molecule has 3 rings (SSSR count). The molecule has 0 bridgehead atoms. The van der Waals surface area contributed by atoms with E-state index < -0.39 is 0 Å². The van der Waals surface area contributed by atoms with Crippen LogP contribution in [0.2, 0.25) is 0 Å². The lowest BCUT2D eigenvalue weighted by atomic mass is 10.1. The lowest BCUT2D eigenvalue weighted by molar-refractivity contribution is 0.0984. The molecule has 4 nitrogen and oxygen atoms in total. The molecule has 5 heteroatoms. The van der Waals surface area contributed by atoms with Gasteiger partial charge in [-0.25, -0.2) is 9.37 Å². The van der Waals surface area contributed by atoms with Gasteiger partial charge in [0.2, 0.25) is 0 Å². The topological polar surface area (TPSA) is 42.4 Å². The van der Waals surface area contributed by atoms with E-state index in [1.165, 1.54) is 12.1 Å². The molecule has 2 aromatic carbocycles. The van der Waals surface area contributed by atoms with Crippen LogP contribution in [-0.2, 0) is 0 Å². The Morgan fingerprint density at radius 1 is 1.12 bits per heavy atom. The number of carbonyl (C=O) groups excluding carboxylic acids is 1. The van der Waals surface area contributed by atoms with Crippen LogP contribution < -0.4 is 9.64 Å². The molecule has 0 saturated carbocycles. The van der Waals surface area contributed by atoms with Gasteiger partial charge >= 0.3 is 0 Å². The Morgan fingerprint density at radius 2 is 1.88 bits per heavy atom. The molecule has 0 spiro atoms. The van der Waals surface area contributed by atoms with Gasteiger partial charge < -0.3 is 9.64 Å². The van der Waals surface area contributed by atoms with Gasteiger partial charge in [0.15, 0.2) is 0 Å². The second-order valence-corrected chi connectivity index (χ2v) is 5.28. The van der Waals surface area contributed by atoms with Gasteiger partial charge in [0, 0.05) is 17.6 Å². The lowest BCUT2D eigenvalue weighted by Gasteiger charge is -2.20. The Morgan fingerprint density at radius 3 is 2.54 bits per heavy atom. The van der Waals surface area contributed by atoms with Crippen molar-refractivity contribution in [1.29, 1.82) is 0 Å². The van der Waals surface area contributed by atoms with Gasteiger partial charge in [0.1, 0.15) is 17.3 Å². The molecule has 0 atom stereocenters. The number of carbonyl (C=O) groups is 1. The van der Waals surface area contributed by atoms with Gasteiger partial charge in [0.25, 0.3) is 5.91 Å². The maximum Gasteiger partial charge on any atom is 0.276 e. The third kappa shape index (κ3) is 3.06. The van der Waals surface area contributed by atoms with Crippen LogP contribution in [0.15, 0.2) is 54.6 Å². The predicted molar refractivity (Wildman–Crippen MR) is 92.0 cm³/mol. The maximum atomic E-state index is 13.1. The van der Waals surface area contributed by atoms with Crippen molar-refractivity contribution < 1.29 is 13.9 Å². The van der Waals surface area contributed by atoms with Crippen molar-refractivity contribution in [3.05, 3.63) is 66.1 Å². The van der Waals surface area contributed by atoms with Gasteiger partial charge in [-0.3, -0.25) is 4.79 Å². The Labute approximate surface area is 139 Å². The number of anilines is 1. The maximum absolute atomic E-state index is 13.1. The molecule has 1 aromatic heterocycles. The molecule has 0 fully saturated rings. The first kappa shape index (κ1) is 15.9. The molecule has 0 radical (unpaired) electrons. The van der Waals surface area contributed by atoms with E-state index in [0.717, 1.165) is 16.7 Å². The summed E-state index contributed by atoms with van der Waals surface area (Å²) in [5.41, 5.74) is 1.70. The SMILES string of the molecule is CCN(C(=O)c1ccc2cc(OC)ccc2n1)c1ccc(F)cc1. The summed E-state index contributed by atoms with van der Waals surface area (Å²) in [4.78, 5) is 18.8. The number of benzene rings is 2. The number of amides is 1. The number of aromatic nitrogens is 1. The summed E-state index contributed by atoms with van der Waals surface area (Å²) in [6.07, 6.45) is 0. The number of hydrogen-bond donors (Lipinski definition) is 0. The first-order valence-corrected chi connectivity index (χ1v) is 7.64. The number of halogens is 1. The quantitative estimate of drug-likeness (QED) is 0.727. The average molecular weight is 324 g/mol. The molecule has 0 aliphatic carbocycles. The molecule has 3 aromatic rings. The largest absolute Gasteiger partial charge is 0.497 e. The molecule has 0 N–H and O–H groups in total. The Bertz CT molecular complexity index is 878. The van der Waals surface area contributed by atoms with E-state index in [9.17, 15) is 9.18 Å². The van der Waals surface area contributed by atoms with Gasteiger partial charge in [-0.05, 0) is 55.5 Å². The zero-order chi connectivity index (χ0) is 17.1. The summed E-state index contributed by atoms with van der Waals surface area (Å²) in [6.45, 7) is 2.33. The van der Waals surface area contributed by atoms with Crippen molar-refractivity contribution >= 4 is 22.5 Å². The molecule has 0 aliphatic heterocycles. The summed E-state index contributed by atoms with van der Waals surface area (Å²) in [6, 6.07) is 14.9. The van der Waals surface area contributed by atoms with Crippen molar-refractivity contribution in [1.82, 2.24) is 4.98 Å². The first-order valence-electron chi connectivity index (χ1n) is 7.64. The molecule has 122 valence electrons. The minimum absolute atomic E-state index is 0.221. The molecular weight excluding hydrogens is 307 g/mol. The second-order valence-electron chi connectivity index (χ2n) is 5.28. The zero-order valence-electron chi connectivity index (χ0n) is 13.5. The molecule has 0 unspecified atom stereocenters. The number of nitrogens with zero attached hydrogens (tertiary/aromatic N) is 2. The summed E-state index contributed by atoms with van der Waals surface area (Å²) in [5.74, 6) is 0.187. The lowest BCUT2D eigenvalue weighted by Crippen LogP contribution is -2.31. The summed E-state index contributed by atoms with van der Waals surface area (Å²) < 4.78 is 18.3. The predicted octanol–water partition coefficient (Wildman–Crippen LogP) is 4.05. The van der Waals surface area contributed by atoms with Crippen LogP contribution in [0.1, 0.15) is 17.4 Å². The number of fused-ring (bicyclic) bond motifs is 1. The highest BCUT2D eigenvalue weighted by Crippen LogP contribution is 2.21. The van der Waals surface area contributed by atoms with E-state index in [0.29, 0.717) is 17.9 Å². The minimum atomic E-state index is -0.333. The van der Waals surface area contributed by atoms with Crippen LogP contribution >= 0.6 is 0 Å². The van der Waals surface area contributed by atoms with Crippen LogP contribution in [0.5, 0.6) is 5.75 Å². The normalized spacial score (nSPS) is 10.6. The van der Waals surface area contributed by atoms with Gasteiger partial charge in [-0.15, -0.1) is 0 Å². The van der Waals surface area contributed by atoms with Crippen LogP contribution in [0, 0.1) is 5.82 Å². The van der Waals surface area contributed by atoms with Gasteiger partial charge in [0.05, 0.1) is 12.6 Å². The standard InChI is InChI=1S/C19H17FN2O2/c1-3-22(15-7-5-14(20)6-8-15)19(23)18-10-4-13-12-16(24-2)9-11-17(13)21-18/h4-12H,3H2,1-2H3. The third-order valence-electron chi connectivity index (χ3n) is 3.82. The fourth-order valence-electron chi connectivity index (χ4n) is 2.55. The summed E-state index contributed by atoms with van der Waals surface area (Å²) >= 11 is 0.